The molecule has 4 nitrogen and oxygen atoms in total. The van der Waals surface area contributed by atoms with Gasteiger partial charge in [-0.15, -0.1) is 11.3 Å². The number of hydrogen-bond acceptors (Lipinski definition) is 4. The SMILES string of the molecule is NCCCc1ccc(-n2cnc3c(-c4cccs4)nc4cc(F)ccc4c32)cc1. The highest BCUT2D eigenvalue weighted by molar-refractivity contribution is 7.13. The van der Waals surface area contributed by atoms with Crippen LogP contribution < -0.4 is 5.73 Å². The van der Waals surface area contributed by atoms with Crippen molar-refractivity contribution in [3.8, 4) is 16.3 Å². The molecular formula is C23H19FN4S. The molecule has 0 atom stereocenters. The number of imidazole rings is 1. The molecule has 0 unspecified atom stereocenters. The molecule has 0 aliphatic heterocycles. The van der Waals surface area contributed by atoms with Crippen molar-refractivity contribution in [2.75, 3.05) is 6.54 Å². The molecule has 2 N–H and O–H groups in total. The van der Waals surface area contributed by atoms with Crippen molar-refractivity contribution < 1.29 is 4.39 Å². The molecule has 5 rings (SSSR count). The topological polar surface area (TPSA) is 56.7 Å². The van der Waals surface area contributed by atoms with Gasteiger partial charge in [0.2, 0.25) is 0 Å². The van der Waals surface area contributed by atoms with Crippen molar-refractivity contribution in [1.82, 2.24) is 14.5 Å². The van der Waals surface area contributed by atoms with Crippen LogP contribution in [0.3, 0.4) is 0 Å². The molecule has 3 heterocycles. The first kappa shape index (κ1) is 18.0. The Bertz CT molecular complexity index is 1290. The van der Waals surface area contributed by atoms with Crippen LogP contribution in [0.1, 0.15) is 12.0 Å². The number of nitrogens with zero attached hydrogens (tertiary/aromatic N) is 3. The molecule has 144 valence electrons. The zero-order chi connectivity index (χ0) is 19.8. The molecule has 0 saturated heterocycles. The second kappa shape index (κ2) is 7.39. The van der Waals surface area contributed by atoms with Crippen molar-refractivity contribution in [1.29, 1.82) is 0 Å². The molecule has 0 fully saturated rings. The Hall–Kier alpha value is -3.09. The number of aromatic nitrogens is 3. The average Bonchev–Trinajstić information content (AvgIpc) is 3.42. The van der Waals surface area contributed by atoms with Gasteiger partial charge in [0.05, 0.1) is 15.9 Å². The maximum absolute atomic E-state index is 13.9. The van der Waals surface area contributed by atoms with E-state index < -0.39 is 0 Å². The summed E-state index contributed by atoms with van der Waals surface area (Å²) >= 11 is 1.60. The minimum Gasteiger partial charge on any atom is -0.330 e. The van der Waals surface area contributed by atoms with Crippen LogP contribution in [-0.4, -0.2) is 21.1 Å². The first-order valence-corrected chi connectivity index (χ1v) is 10.4. The Balaban J connectivity index is 1.74. The molecule has 0 spiro atoms. The highest BCUT2D eigenvalue weighted by atomic mass is 32.1. The van der Waals surface area contributed by atoms with E-state index in [4.69, 9.17) is 15.7 Å². The normalized spacial score (nSPS) is 11.5. The highest BCUT2D eigenvalue weighted by Crippen LogP contribution is 2.35. The Morgan fingerprint density at radius 2 is 1.93 bits per heavy atom. The third-order valence-corrected chi connectivity index (χ3v) is 5.95. The number of benzene rings is 2. The van der Waals surface area contributed by atoms with Crippen molar-refractivity contribution >= 4 is 33.3 Å². The zero-order valence-electron chi connectivity index (χ0n) is 15.7. The minimum atomic E-state index is -0.295. The standard InChI is InChI=1S/C23H19FN4S/c24-16-7-10-18-19(13-16)27-21(20-4-2-12-29-20)22-23(18)28(14-26-22)17-8-5-15(6-9-17)3-1-11-25/h2,4-10,12-14H,1,3,11,25H2. The summed E-state index contributed by atoms with van der Waals surface area (Å²) in [6.07, 6.45) is 3.76. The van der Waals surface area contributed by atoms with Crippen LogP contribution in [0.15, 0.2) is 66.3 Å². The van der Waals surface area contributed by atoms with E-state index in [1.54, 1.807) is 17.4 Å². The summed E-state index contributed by atoms with van der Waals surface area (Å²) in [7, 11) is 0. The van der Waals surface area contributed by atoms with Crippen LogP contribution in [0.25, 0.3) is 38.2 Å². The molecular weight excluding hydrogens is 383 g/mol. The van der Waals surface area contributed by atoms with E-state index in [9.17, 15) is 4.39 Å². The van der Waals surface area contributed by atoms with Gasteiger partial charge in [0.15, 0.2) is 0 Å². The second-order valence-corrected chi connectivity index (χ2v) is 7.92. The van der Waals surface area contributed by atoms with E-state index in [1.165, 1.54) is 17.7 Å². The fraction of sp³-hybridized carbons (Fsp3) is 0.130. The predicted octanol–water partition coefficient (Wildman–Crippen LogP) is 5.33. The number of hydrogen-bond donors (Lipinski definition) is 1. The van der Waals surface area contributed by atoms with Crippen molar-refractivity contribution in [2.45, 2.75) is 12.8 Å². The lowest BCUT2D eigenvalue weighted by Crippen LogP contribution is -2.00. The van der Waals surface area contributed by atoms with E-state index in [0.29, 0.717) is 12.1 Å². The van der Waals surface area contributed by atoms with E-state index in [0.717, 1.165) is 45.5 Å². The summed E-state index contributed by atoms with van der Waals surface area (Å²) in [5.74, 6) is -0.295. The first-order chi connectivity index (χ1) is 14.2. The molecule has 29 heavy (non-hydrogen) atoms. The van der Waals surface area contributed by atoms with Gasteiger partial charge < -0.3 is 5.73 Å². The number of nitrogens with two attached hydrogens (primary N) is 1. The molecule has 2 aromatic carbocycles. The van der Waals surface area contributed by atoms with Crippen LogP contribution in [0.5, 0.6) is 0 Å². The number of thiophene rings is 1. The summed E-state index contributed by atoms with van der Waals surface area (Å²) < 4.78 is 16.0. The van der Waals surface area contributed by atoms with Crippen molar-refractivity contribution in [2.24, 2.45) is 5.73 Å². The molecule has 6 heteroatoms. The van der Waals surface area contributed by atoms with E-state index >= 15 is 0 Å². The quantitative estimate of drug-likeness (QED) is 0.432. The van der Waals surface area contributed by atoms with Gasteiger partial charge >= 0.3 is 0 Å². The van der Waals surface area contributed by atoms with Gasteiger partial charge in [-0.25, -0.2) is 14.4 Å². The highest BCUT2D eigenvalue weighted by Gasteiger charge is 2.17. The molecule has 3 aromatic heterocycles. The van der Waals surface area contributed by atoms with E-state index in [2.05, 4.69) is 28.8 Å². The predicted molar refractivity (Wildman–Crippen MR) is 117 cm³/mol. The van der Waals surface area contributed by atoms with Crippen molar-refractivity contribution in [3.63, 3.8) is 0 Å². The molecule has 0 bridgehead atoms. The Morgan fingerprint density at radius 3 is 2.69 bits per heavy atom. The number of rotatable bonds is 5. The maximum Gasteiger partial charge on any atom is 0.125 e. The van der Waals surface area contributed by atoms with Gasteiger partial charge in [-0.2, -0.15) is 0 Å². The Morgan fingerprint density at radius 1 is 1.07 bits per heavy atom. The lowest BCUT2D eigenvalue weighted by molar-refractivity contribution is 0.629. The summed E-state index contributed by atoms with van der Waals surface area (Å²) in [5.41, 5.74) is 11.1. The maximum atomic E-state index is 13.9. The Labute approximate surface area is 171 Å². The van der Waals surface area contributed by atoms with Gasteiger partial charge in [-0.3, -0.25) is 4.57 Å². The third-order valence-electron chi connectivity index (χ3n) is 5.08. The van der Waals surface area contributed by atoms with Gasteiger partial charge in [0.25, 0.3) is 0 Å². The zero-order valence-corrected chi connectivity index (χ0v) is 16.5. The van der Waals surface area contributed by atoms with E-state index in [-0.39, 0.29) is 5.82 Å². The van der Waals surface area contributed by atoms with Crippen LogP contribution in [-0.2, 0) is 6.42 Å². The van der Waals surface area contributed by atoms with Gasteiger partial charge in [0, 0.05) is 17.1 Å². The van der Waals surface area contributed by atoms with Gasteiger partial charge in [-0.05, 0) is 60.7 Å². The fourth-order valence-corrected chi connectivity index (χ4v) is 4.38. The smallest absolute Gasteiger partial charge is 0.125 e. The molecule has 0 aliphatic carbocycles. The summed E-state index contributed by atoms with van der Waals surface area (Å²) in [6, 6.07) is 17.2. The fourth-order valence-electron chi connectivity index (χ4n) is 3.66. The summed E-state index contributed by atoms with van der Waals surface area (Å²) in [4.78, 5) is 10.5. The minimum absolute atomic E-state index is 0.295. The van der Waals surface area contributed by atoms with Crippen LogP contribution in [0, 0.1) is 5.82 Å². The second-order valence-electron chi connectivity index (χ2n) is 6.97. The number of pyridine rings is 1. The number of fused-ring (bicyclic) bond motifs is 3. The monoisotopic (exact) mass is 402 g/mol. The summed E-state index contributed by atoms with van der Waals surface area (Å²) in [6.45, 7) is 0.689. The van der Waals surface area contributed by atoms with Gasteiger partial charge in [-0.1, -0.05) is 18.2 Å². The average molecular weight is 402 g/mol. The largest absolute Gasteiger partial charge is 0.330 e. The summed E-state index contributed by atoms with van der Waals surface area (Å²) in [5, 5.41) is 2.89. The van der Waals surface area contributed by atoms with E-state index in [1.807, 2.05) is 23.8 Å². The number of halogens is 1. The third kappa shape index (κ3) is 3.20. The van der Waals surface area contributed by atoms with Crippen LogP contribution in [0.2, 0.25) is 0 Å². The van der Waals surface area contributed by atoms with Crippen molar-refractivity contribution in [3.05, 3.63) is 77.7 Å². The van der Waals surface area contributed by atoms with Crippen LogP contribution in [0.4, 0.5) is 4.39 Å². The number of aryl methyl sites for hydroxylation is 1. The lowest BCUT2D eigenvalue weighted by atomic mass is 10.1. The van der Waals surface area contributed by atoms with Crippen LogP contribution >= 0.6 is 11.3 Å². The Kier molecular flexibility index (Phi) is 4.58. The first-order valence-electron chi connectivity index (χ1n) is 9.54. The molecule has 0 radical (unpaired) electrons. The molecule has 5 aromatic rings. The van der Waals surface area contributed by atoms with Gasteiger partial charge in [0.1, 0.15) is 23.4 Å². The molecule has 0 amide bonds. The molecule has 0 aliphatic rings. The lowest BCUT2D eigenvalue weighted by Gasteiger charge is -2.10. The molecule has 0 saturated carbocycles.